The molecule has 1 aliphatic carbocycles. The Morgan fingerprint density at radius 1 is 0.838 bits per heavy atom. The maximum Gasteiger partial charge on any atom is 0.485 e. The van der Waals surface area contributed by atoms with Crippen molar-refractivity contribution in [2.75, 3.05) is 0 Å². The summed E-state index contributed by atoms with van der Waals surface area (Å²) >= 11 is 0. The first kappa shape index (κ1) is 28.9. The van der Waals surface area contributed by atoms with Crippen LogP contribution >= 0.6 is 0 Å². The highest BCUT2D eigenvalue weighted by molar-refractivity contribution is 7.86. The summed E-state index contributed by atoms with van der Waals surface area (Å²) in [4.78, 5) is 0. The van der Waals surface area contributed by atoms with Gasteiger partial charge in [-0.3, -0.25) is 0 Å². The molecular weight excluding hydrogens is 499 g/mol. The van der Waals surface area contributed by atoms with Gasteiger partial charge in [0.25, 0.3) is 0 Å². The minimum Gasteiger partial charge on any atom is -0.741 e. The topological polar surface area (TPSA) is 61.1 Å². The summed E-state index contributed by atoms with van der Waals surface area (Å²) in [6.45, 7) is 15.1. The zero-order valence-electron chi connectivity index (χ0n) is 22.1. The van der Waals surface area contributed by atoms with Crippen LogP contribution in [0.25, 0.3) is 22.4 Å². The number of pyridine rings is 1. The van der Waals surface area contributed by atoms with Crippen LogP contribution in [0.5, 0.6) is 0 Å². The molecule has 1 aromatic heterocycles. The summed E-state index contributed by atoms with van der Waals surface area (Å²) < 4.78 is 61.5. The number of rotatable bonds is 2. The van der Waals surface area contributed by atoms with Gasteiger partial charge in [-0.1, -0.05) is 90.1 Å². The zero-order valence-corrected chi connectivity index (χ0v) is 22.9. The Morgan fingerprint density at radius 2 is 1.38 bits per heavy atom. The Bertz CT molecular complexity index is 1370. The maximum atomic E-state index is 10.7. The van der Waals surface area contributed by atoms with E-state index in [1.165, 1.54) is 39.2 Å². The Morgan fingerprint density at radius 3 is 1.89 bits per heavy atom. The number of alkyl halides is 3. The van der Waals surface area contributed by atoms with Crippen molar-refractivity contribution in [3.63, 3.8) is 0 Å². The van der Waals surface area contributed by atoms with Crippen molar-refractivity contribution in [2.45, 2.75) is 71.9 Å². The Hall–Kier alpha value is -2.71. The van der Waals surface area contributed by atoms with Gasteiger partial charge < -0.3 is 4.55 Å². The van der Waals surface area contributed by atoms with Crippen molar-refractivity contribution in [1.82, 2.24) is 0 Å². The molecule has 0 bridgehead atoms. The molecule has 37 heavy (non-hydrogen) atoms. The lowest BCUT2D eigenvalue weighted by Gasteiger charge is -2.28. The maximum absolute atomic E-state index is 10.7. The minimum atomic E-state index is -6.09. The average Bonchev–Trinajstić information content (AvgIpc) is 2.76. The van der Waals surface area contributed by atoms with Gasteiger partial charge in [-0.05, 0) is 35.6 Å². The van der Waals surface area contributed by atoms with E-state index in [4.69, 9.17) is 13.0 Å². The molecule has 8 heteroatoms. The van der Waals surface area contributed by atoms with Gasteiger partial charge in [0.1, 0.15) is 0 Å². The van der Waals surface area contributed by atoms with E-state index in [1.807, 2.05) is 0 Å². The van der Waals surface area contributed by atoms with Crippen LogP contribution < -0.4 is 4.57 Å². The van der Waals surface area contributed by atoms with E-state index in [9.17, 15) is 13.2 Å². The lowest BCUT2D eigenvalue weighted by atomic mass is 9.80. The van der Waals surface area contributed by atoms with Gasteiger partial charge in [0.05, 0.1) is 0 Å². The van der Waals surface area contributed by atoms with Gasteiger partial charge in [0, 0.05) is 28.0 Å². The molecule has 3 aromatic rings. The van der Waals surface area contributed by atoms with Gasteiger partial charge in [0.15, 0.2) is 22.4 Å². The monoisotopic (exact) mass is 533 g/mol. The zero-order chi connectivity index (χ0) is 27.8. The molecule has 0 saturated heterocycles. The van der Waals surface area contributed by atoms with Crippen LogP contribution in [0.3, 0.4) is 0 Å². The van der Waals surface area contributed by atoms with Crippen LogP contribution in [0.15, 0.2) is 60.7 Å². The summed E-state index contributed by atoms with van der Waals surface area (Å²) in [5, 5.41) is 0. The van der Waals surface area contributed by atoms with Gasteiger partial charge >= 0.3 is 5.51 Å². The molecule has 0 fully saturated rings. The third kappa shape index (κ3) is 6.79. The summed E-state index contributed by atoms with van der Waals surface area (Å²) in [5.41, 5.74) is 4.63. The second kappa shape index (κ2) is 10.2. The standard InChI is InChI=1S/C28H34N.CHF3O3S/c1-27(2,3)19-29-25(28(4,5)6)18-24(20-12-8-7-9-13-20)23-17-16-21-14-10-11-15-22(21)26(23)29;2-1(3,4)8(5,6)7/h7-15,18H,16-17,19H2,1-6H3;(H,5,6,7)/q+1;/p-1. The van der Waals surface area contributed by atoms with Crippen molar-refractivity contribution >= 4 is 10.1 Å². The first-order valence-electron chi connectivity index (χ1n) is 12.2. The number of nitrogens with zero attached hydrogens (tertiary/aromatic N) is 1. The molecule has 0 unspecified atom stereocenters. The van der Waals surface area contributed by atoms with Crippen molar-refractivity contribution < 1.29 is 30.7 Å². The van der Waals surface area contributed by atoms with Crippen molar-refractivity contribution in [1.29, 1.82) is 0 Å². The van der Waals surface area contributed by atoms with Gasteiger partial charge in [-0.2, -0.15) is 17.7 Å². The highest BCUT2D eigenvalue weighted by Crippen LogP contribution is 2.39. The van der Waals surface area contributed by atoms with Crippen molar-refractivity contribution in [3.8, 4) is 22.4 Å². The Labute approximate surface area is 217 Å². The summed E-state index contributed by atoms with van der Waals surface area (Å²) in [5.74, 6) is 0. The second-order valence-electron chi connectivity index (χ2n) is 11.6. The van der Waals surface area contributed by atoms with Crippen molar-refractivity contribution in [3.05, 3.63) is 77.5 Å². The van der Waals surface area contributed by atoms with E-state index in [0.717, 1.165) is 19.4 Å². The quantitative estimate of drug-likeness (QED) is 0.207. The molecule has 1 heterocycles. The number of hydrogen-bond donors (Lipinski definition) is 0. The predicted molar refractivity (Wildman–Crippen MR) is 139 cm³/mol. The smallest absolute Gasteiger partial charge is 0.485 e. The summed E-state index contributed by atoms with van der Waals surface area (Å²) in [6, 6.07) is 22.4. The largest absolute Gasteiger partial charge is 0.741 e. The van der Waals surface area contributed by atoms with E-state index in [-0.39, 0.29) is 10.8 Å². The minimum absolute atomic E-state index is 0.0657. The molecule has 0 saturated carbocycles. The van der Waals surface area contributed by atoms with E-state index < -0.39 is 15.6 Å². The molecule has 0 aliphatic heterocycles. The molecule has 0 amide bonds. The number of benzene rings is 2. The highest BCUT2D eigenvalue weighted by atomic mass is 32.2. The van der Waals surface area contributed by atoms with Crippen LogP contribution in [0.2, 0.25) is 0 Å². The van der Waals surface area contributed by atoms with Crippen LogP contribution in [0.4, 0.5) is 13.2 Å². The molecular formula is C29H34F3NO3S. The fourth-order valence-corrected chi connectivity index (χ4v) is 4.64. The predicted octanol–water partition coefficient (Wildman–Crippen LogP) is 6.80. The van der Waals surface area contributed by atoms with E-state index >= 15 is 0 Å². The van der Waals surface area contributed by atoms with Gasteiger partial charge in [-0.15, -0.1) is 0 Å². The average molecular weight is 534 g/mol. The number of hydrogen-bond acceptors (Lipinski definition) is 3. The molecule has 200 valence electrons. The molecule has 0 N–H and O–H groups in total. The first-order chi connectivity index (χ1) is 16.9. The first-order valence-corrected chi connectivity index (χ1v) is 13.6. The fraction of sp³-hybridized carbons (Fsp3) is 0.414. The number of aromatic nitrogens is 1. The number of aryl methyl sites for hydroxylation is 1. The van der Waals surface area contributed by atoms with Crippen LogP contribution in [-0.2, 0) is 34.9 Å². The molecule has 4 rings (SSSR count). The Balaban J connectivity index is 0.000000414. The highest BCUT2D eigenvalue weighted by Gasteiger charge is 2.38. The SMILES string of the molecule is CC(C)(C)C[n+]1c(C(C)(C)C)cc(-c2ccccc2)c2c1-c1ccccc1CC2.O=S(=O)([O-])C(F)(F)F. The molecule has 0 spiro atoms. The summed E-state index contributed by atoms with van der Waals surface area (Å²) in [7, 11) is -6.09. The number of halogens is 3. The molecule has 1 aliphatic rings. The third-order valence-corrected chi connectivity index (χ3v) is 6.71. The van der Waals surface area contributed by atoms with Crippen LogP contribution in [0, 0.1) is 5.41 Å². The van der Waals surface area contributed by atoms with Crippen LogP contribution in [0.1, 0.15) is 58.4 Å². The Kier molecular flexibility index (Phi) is 7.97. The van der Waals surface area contributed by atoms with Gasteiger partial charge in [0.2, 0.25) is 5.69 Å². The molecule has 0 radical (unpaired) electrons. The van der Waals surface area contributed by atoms with Gasteiger partial charge in [-0.25, -0.2) is 8.42 Å². The lowest BCUT2D eigenvalue weighted by molar-refractivity contribution is -0.708. The second-order valence-corrected chi connectivity index (χ2v) is 13.0. The van der Waals surface area contributed by atoms with E-state index in [0.29, 0.717) is 0 Å². The molecule has 4 nitrogen and oxygen atoms in total. The summed E-state index contributed by atoms with van der Waals surface area (Å²) in [6.07, 6.45) is 2.22. The molecule has 2 aromatic carbocycles. The van der Waals surface area contributed by atoms with E-state index in [1.54, 1.807) is 0 Å². The van der Waals surface area contributed by atoms with Crippen molar-refractivity contribution in [2.24, 2.45) is 5.41 Å². The van der Waals surface area contributed by atoms with Crippen LogP contribution in [-0.4, -0.2) is 18.5 Å². The molecule has 0 atom stereocenters. The third-order valence-electron chi connectivity index (χ3n) is 6.14. The normalized spacial score (nSPS) is 13.8. The fourth-order valence-electron chi connectivity index (χ4n) is 4.64. The lowest BCUT2D eigenvalue weighted by Crippen LogP contribution is -2.50. The number of fused-ring (bicyclic) bond motifs is 3. The van der Waals surface area contributed by atoms with E-state index in [2.05, 4.69) is 107 Å².